The van der Waals surface area contributed by atoms with Crippen molar-refractivity contribution in [3.05, 3.63) is 137 Å². The van der Waals surface area contributed by atoms with E-state index in [4.69, 9.17) is 18.9 Å². The minimum Gasteiger partial charge on any atom is -0.497 e. The summed E-state index contributed by atoms with van der Waals surface area (Å²) in [5.41, 5.74) is 9.15. The molecule has 0 atom stereocenters. The third kappa shape index (κ3) is 5.51. The first-order valence-corrected chi connectivity index (χ1v) is 14.9. The quantitative estimate of drug-likeness (QED) is 0.123. The zero-order chi connectivity index (χ0) is 31.5. The van der Waals surface area contributed by atoms with Gasteiger partial charge in [-0.3, -0.25) is 0 Å². The van der Waals surface area contributed by atoms with E-state index in [1.165, 1.54) is 0 Å². The van der Waals surface area contributed by atoms with Gasteiger partial charge in [-0.05, 0) is 117 Å². The fourth-order valence-electron chi connectivity index (χ4n) is 5.90. The van der Waals surface area contributed by atoms with Crippen LogP contribution in [0.15, 0.2) is 103 Å². The highest BCUT2D eigenvalue weighted by molar-refractivity contribution is 6.08. The normalized spacial score (nSPS) is 11.0. The Bertz CT molecular complexity index is 1770. The average molecular weight is 598 g/mol. The molecule has 0 aromatic heterocycles. The summed E-state index contributed by atoms with van der Waals surface area (Å²) in [4.78, 5) is 26.0. The first-order valence-electron chi connectivity index (χ1n) is 14.9. The van der Waals surface area contributed by atoms with Crippen molar-refractivity contribution in [3.8, 4) is 44.9 Å². The molecule has 0 aromatic rings. The van der Waals surface area contributed by atoms with E-state index in [1.54, 1.807) is 34.1 Å². The van der Waals surface area contributed by atoms with E-state index in [1.807, 2.05) is 48.5 Å². The number of rotatable bonds is 9. The number of methoxy groups -OCH3 is 2. The number of carbonyl (C=O) groups excluding carboxylic acids is 2. The molecule has 224 valence electrons. The summed E-state index contributed by atoms with van der Waals surface area (Å²) < 4.78 is 21.7. The van der Waals surface area contributed by atoms with Crippen molar-refractivity contribution in [2.45, 2.75) is 13.8 Å². The van der Waals surface area contributed by atoms with Gasteiger partial charge in [0.1, 0.15) is 11.5 Å². The summed E-state index contributed by atoms with van der Waals surface area (Å²) in [6, 6.07) is 33.9. The van der Waals surface area contributed by atoms with Gasteiger partial charge in [0.15, 0.2) is 0 Å². The molecule has 0 N–H and O–H groups in total. The van der Waals surface area contributed by atoms with E-state index in [9.17, 15) is 9.59 Å². The monoisotopic (exact) mass is 597 g/mol. The molecule has 6 aliphatic carbocycles. The zero-order valence-electron chi connectivity index (χ0n) is 25.7. The lowest BCUT2D eigenvalue weighted by Gasteiger charge is -2.13. The van der Waals surface area contributed by atoms with Crippen molar-refractivity contribution in [2.75, 3.05) is 27.4 Å². The van der Waals surface area contributed by atoms with Gasteiger partial charge >= 0.3 is 11.9 Å². The number of esters is 2. The van der Waals surface area contributed by atoms with Crippen LogP contribution < -0.4 is 9.47 Å². The Balaban J connectivity index is 1.60. The molecule has 0 spiro atoms. The number of ether oxygens (including phenoxy) is 4. The van der Waals surface area contributed by atoms with Crippen LogP contribution in [0.1, 0.15) is 51.3 Å². The molecule has 0 fully saturated rings. The van der Waals surface area contributed by atoms with Gasteiger partial charge in [0.2, 0.25) is 0 Å². The molecular weight excluding hydrogens is 564 g/mol. The lowest BCUT2D eigenvalue weighted by Crippen LogP contribution is -2.05. The predicted molar refractivity (Wildman–Crippen MR) is 175 cm³/mol. The molecule has 6 nitrogen and oxygen atoms in total. The van der Waals surface area contributed by atoms with Gasteiger partial charge in [0, 0.05) is 33.4 Å². The molecule has 0 heterocycles. The fourth-order valence-corrected chi connectivity index (χ4v) is 5.90. The Labute approximate surface area is 263 Å². The summed E-state index contributed by atoms with van der Waals surface area (Å²) in [5.74, 6) is 1.56. The highest BCUT2D eigenvalue weighted by Crippen LogP contribution is 2.45. The van der Waals surface area contributed by atoms with Crippen molar-refractivity contribution in [3.63, 3.8) is 0 Å². The van der Waals surface area contributed by atoms with Crippen molar-refractivity contribution in [2.24, 2.45) is 0 Å². The Morgan fingerprint density at radius 2 is 0.933 bits per heavy atom. The Hall–Kier alpha value is -5.49. The van der Waals surface area contributed by atoms with Crippen LogP contribution in [0.4, 0.5) is 0 Å². The fraction of sp³-hybridized carbons (Fsp3) is 0.154. The van der Waals surface area contributed by atoms with Crippen LogP contribution in [0, 0.1) is 5.92 Å². The average Bonchev–Trinajstić information content (AvgIpc) is 3.57. The molecule has 0 unspecified atom stereocenters. The zero-order valence-corrected chi connectivity index (χ0v) is 25.7. The molecule has 0 saturated heterocycles. The number of hydrogen-bond acceptors (Lipinski definition) is 6. The molecular formula is C39H33O6+. The molecule has 0 aliphatic heterocycles. The maximum Gasteiger partial charge on any atom is 0.338 e. The largest absolute Gasteiger partial charge is 0.497 e. The summed E-state index contributed by atoms with van der Waals surface area (Å²) in [6.07, 6.45) is 0. The lowest BCUT2D eigenvalue weighted by atomic mass is 9.84. The van der Waals surface area contributed by atoms with Crippen LogP contribution >= 0.6 is 0 Å². The van der Waals surface area contributed by atoms with Crippen LogP contribution in [0.5, 0.6) is 11.5 Å². The molecule has 0 aromatic carbocycles. The molecule has 6 heteroatoms. The van der Waals surface area contributed by atoms with E-state index in [2.05, 4.69) is 48.5 Å². The maximum atomic E-state index is 13.0. The second-order valence-electron chi connectivity index (χ2n) is 10.5. The summed E-state index contributed by atoms with van der Waals surface area (Å²) in [6.45, 7) is 3.96. The molecule has 0 radical (unpaired) electrons. The maximum absolute atomic E-state index is 13.0. The Morgan fingerprint density at radius 1 is 0.533 bits per heavy atom. The van der Waals surface area contributed by atoms with Gasteiger partial charge in [-0.25, -0.2) is 9.59 Å². The van der Waals surface area contributed by atoms with E-state index in [0.29, 0.717) is 22.3 Å². The van der Waals surface area contributed by atoms with Gasteiger partial charge in [0.25, 0.3) is 0 Å². The van der Waals surface area contributed by atoms with Crippen LogP contribution in [0.25, 0.3) is 33.4 Å². The Kier molecular flexibility index (Phi) is 8.30. The smallest absolute Gasteiger partial charge is 0.338 e. The topological polar surface area (TPSA) is 71.1 Å². The third-order valence-corrected chi connectivity index (χ3v) is 8.05. The van der Waals surface area contributed by atoms with Crippen LogP contribution in [-0.2, 0) is 9.47 Å². The minimum atomic E-state index is -0.484. The molecule has 6 aliphatic rings. The van der Waals surface area contributed by atoms with Crippen LogP contribution in [0.2, 0.25) is 0 Å². The standard InChI is InChI=1S/C39H33O6/c1-5-44-38(40)35-23-36(39(41)45-6-2)32-18-12-26(11-17-31(32)35)37(33-19-9-24-7-13-27(42-3)15-21-29(24)33)34-20-10-25-8-14-28(43-4)16-22-30(25)34/h7-23H,5-6H2,1-4H3/q+1. The van der Waals surface area contributed by atoms with E-state index in [-0.39, 0.29) is 13.2 Å². The van der Waals surface area contributed by atoms with E-state index in [0.717, 1.165) is 56.4 Å². The van der Waals surface area contributed by atoms with Gasteiger partial charge in [-0.1, -0.05) is 0 Å². The second kappa shape index (κ2) is 12.6. The number of fused-ring (bicyclic) bond motifs is 3. The van der Waals surface area contributed by atoms with Crippen molar-refractivity contribution < 1.29 is 28.5 Å². The summed E-state index contributed by atoms with van der Waals surface area (Å²) in [7, 11) is 3.32. The number of hydrogen-bond donors (Lipinski definition) is 0. The van der Waals surface area contributed by atoms with Gasteiger partial charge in [0.05, 0.1) is 61.2 Å². The van der Waals surface area contributed by atoms with E-state index >= 15 is 0 Å². The second-order valence-corrected chi connectivity index (χ2v) is 10.5. The lowest BCUT2D eigenvalue weighted by molar-refractivity contribution is 0.0525. The van der Waals surface area contributed by atoms with Crippen molar-refractivity contribution in [1.82, 2.24) is 0 Å². The first-order chi connectivity index (χ1) is 22.0. The number of carbonyl (C=O) groups is 2. The molecule has 0 amide bonds. The first kappa shape index (κ1) is 29.6. The molecule has 0 bridgehead atoms. The predicted octanol–water partition coefficient (Wildman–Crippen LogP) is 8.39. The van der Waals surface area contributed by atoms with Gasteiger partial charge < -0.3 is 18.9 Å². The summed E-state index contributed by atoms with van der Waals surface area (Å²) in [5, 5.41) is 0. The van der Waals surface area contributed by atoms with Crippen molar-refractivity contribution in [1.29, 1.82) is 0 Å². The molecule has 45 heavy (non-hydrogen) atoms. The highest BCUT2D eigenvalue weighted by atomic mass is 16.5. The van der Waals surface area contributed by atoms with E-state index < -0.39 is 11.9 Å². The molecule has 0 saturated carbocycles. The van der Waals surface area contributed by atoms with Gasteiger partial charge in [-0.2, -0.15) is 0 Å². The minimum absolute atomic E-state index is 0.223. The van der Waals surface area contributed by atoms with Gasteiger partial charge in [-0.15, -0.1) is 0 Å². The van der Waals surface area contributed by atoms with Crippen molar-refractivity contribution >= 4 is 11.9 Å². The highest BCUT2D eigenvalue weighted by Gasteiger charge is 2.32. The molecule has 6 rings (SSSR count). The third-order valence-electron chi connectivity index (χ3n) is 8.05. The Morgan fingerprint density at radius 3 is 1.36 bits per heavy atom. The summed E-state index contributed by atoms with van der Waals surface area (Å²) >= 11 is 0. The van der Waals surface area contributed by atoms with Crippen LogP contribution in [0.3, 0.4) is 0 Å². The van der Waals surface area contributed by atoms with Crippen LogP contribution in [-0.4, -0.2) is 39.4 Å². The SMILES string of the molecule is CCOC(=O)c1cc(C(=O)OCC)c2ccc([C+](c3ccc4ccc(OC)ccc3-4)c3ccc4ccc(OC)ccc3-4)ccc1-2.